The van der Waals surface area contributed by atoms with Crippen LogP contribution < -0.4 is 0 Å². The normalized spacial score (nSPS) is 17.5. The molecule has 0 spiro atoms. The molecule has 4 heterocycles. The molecule has 0 N–H and O–H groups in total. The van der Waals surface area contributed by atoms with Gasteiger partial charge in [0.2, 0.25) is 17.6 Å². The standard InChI is InChI=1S/C26H34N6O4/c1-16-20-7-6-19(13-21(20)30(5)28-16)23-27-24(36-29-23)18-8-10-31(11-9-18)22(33)12-17-14-32(15-17)25(34)35-26(2,3)4/h6-7,13,17-18H,8-12,14-15H2,1-5H3. The van der Waals surface area contributed by atoms with Crippen molar-refractivity contribution >= 4 is 22.9 Å². The Morgan fingerprint density at radius 1 is 1.14 bits per heavy atom. The smallest absolute Gasteiger partial charge is 0.410 e. The van der Waals surface area contributed by atoms with Crippen molar-refractivity contribution in [3.8, 4) is 11.4 Å². The van der Waals surface area contributed by atoms with Gasteiger partial charge in [-0.15, -0.1) is 0 Å². The zero-order chi connectivity index (χ0) is 25.6. The number of likely N-dealkylation sites (tertiary alicyclic amines) is 2. The number of carbonyl (C=O) groups excluding carboxylic acids is 2. The molecule has 2 amide bonds. The first-order valence-corrected chi connectivity index (χ1v) is 12.6. The highest BCUT2D eigenvalue weighted by Crippen LogP contribution is 2.31. The Kier molecular flexibility index (Phi) is 6.22. The molecular weight excluding hydrogens is 460 g/mol. The number of fused-ring (bicyclic) bond motifs is 1. The van der Waals surface area contributed by atoms with E-state index in [2.05, 4.69) is 15.2 Å². The summed E-state index contributed by atoms with van der Waals surface area (Å²) in [4.78, 5) is 33.2. The fourth-order valence-corrected chi connectivity index (χ4v) is 5.02. The lowest BCUT2D eigenvalue weighted by Gasteiger charge is -2.40. The van der Waals surface area contributed by atoms with Gasteiger partial charge in [-0.1, -0.05) is 17.3 Å². The van der Waals surface area contributed by atoms with E-state index in [-0.39, 0.29) is 23.8 Å². The fourth-order valence-electron chi connectivity index (χ4n) is 5.02. The summed E-state index contributed by atoms with van der Waals surface area (Å²) in [7, 11) is 1.93. The molecule has 3 aromatic rings. The van der Waals surface area contributed by atoms with E-state index in [0.717, 1.165) is 35.0 Å². The van der Waals surface area contributed by atoms with Gasteiger partial charge in [0.05, 0.1) is 11.2 Å². The lowest BCUT2D eigenvalue weighted by molar-refractivity contribution is -0.134. The molecule has 0 aliphatic carbocycles. The van der Waals surface area contributed by atoms with Crippen LogP contribution in [0, 0.1) is 12.8 Å². The number of piperidine rings is 1. The van der Waals surface area contributed by atoms with Gasteiger partial charge in [0.1, 0.15) is 5.60 Å². The van der Waals surface area contributed by atoms with Gasteiger partial charge in [0.15, 0.2) is 0 Å². The lowest BCUT2D eigenvalue weighted by atomic mass is 9.93. The number of ether oxygens (including phenoxy) is 1. The molecule has 0 atom stereocenters. The van der Waals surface area contributed by atoms with E-state index in [1.54, 1.807) is 4.90 Å². The summed E-state index contributed by atoms with van der Waals surface area (Å²) in [5, 5.41) is 9.81. The SMILES string of the molecule is Cc1nn(C)c2cc(-c3noc(C4CCN(C(=O)CC5CN(C(=O)OC(C)(C)C)C5)CC4)n3)ccc12. The minimum atomic E-state index is -0.507. The molecule has 2 saturated heterocycles. The van der Waals surface area contributed by atoms with Crippen molar-refractivity contribution < 1.29 is 18.8 Å². The fraction of sp³-hybridized carbons (Fsp3) is 0.577. The molecule has 0 radical (unpaired) electrons. The van der Waals surface area contributed by atoms with Crippen molar-refractivity contribution in [2.45, 2.75) is 58.5 Å². The van der Waals surface area contributed by atoms with Crippen molar-refractivity contribution in [2.24, 2.45) is 13.0 Å². The molecular formula is C26H34N6O4. The molecule has 0 bridgehead atoms. The second-order valence-electron chi connectivity index (χ2n) is 11.0. The molecule has 10 heteroatoms. The molecule has 0 unspecified atom stereocenters. The second kappa shape index (κ2) is 9.22. The Labute approximate surface area is 210 Å². The van der Waals surface area contributed by atoms with Crippen LogP contribution in [-0.4, -0.2) is 73.5 Å². The van der Waals surface area contributed by atoms with Gasteiger partial charge in [0.25, 0.3) is 0 Å². The van der Waals surface area contributed by atoms with Crippen molar-refractivity contribution in [2.75, 3.05) is 26.2 Å². The van der Waals surface area contributed by atoms with Gasteiger partial charge in [-0.05, 0) is 46.6 Å². The summed E-state index contributed by atoms with van der Waals surface area (Å²) in [6.07, 6.45) is 1.75. The highest BCUT2D eigenvalue weighted by Gasteiger charge is 2.36. The highest BCUT2D eigenvalue weighted by molar-refractivity contribution is 5.85. The third-order valence-electron chi connectivity index (χ3n) is 7.01. The quantitative estimate of drug-likeness (QED) is 0.541. The predicted molar refractivity (Wildman–Crippen MR) is 133 cm³/mol. The van der Waals surface area contributed by atoms with Crippen LogP contribution >= 0.6 is 0 Å². The average molecular weight is 495 g/mol. The lowest BCUT2D eigenvalue weighted by Crippen LogP contribution is -2.53. The van der Waals surface area contributed by atoms with E-state index >= 15 is 0 Å². The van der Waals surface area contributed by atoms with Crippen LogP contribution in [0.3, 0.4) is 0 Å². The molecule has 36 heavy (non-hydrogen) atoms. The number of rotatable bonds is 4. The molecule has 2 aromatic heterocycles. The maximum absolute atomic E-state index is 12.8. The minimum Gasteiger partial charge on any atom is -0.444 e. The first kappa shape index (κ1) is 24.3. The van der Waals surface area contributed by atoms with Gasteiger partial charge in [-0.25, -0.2) is 4.79 Å². The Morgan fingerprint density at radius 3 is 2.56 bits per heavy atom. The van der Waals surface area contributed by atoms with E-state index in [1.807, 2.05) is 62.5 Å². The summed E-state index contributed by atoms with van der Waals surface area (Å²) in [6.45, 7) is 10.0. The Hall–Kier alpha value is -3.43. The molecule has 2 fully saturated rings. The maximum Gasteiger partial charge on any atom is 0.410 e. The molecule has 0 saturated carbocycles. The predicted octanol–water partition coefficient (Wildman–Crippen LogP) is 3.89. The van der Waals surface area contributed by atoms with Gasteiger partial charge >= 0.3 is 6.09 Å². The van der Waals surface area contributed by atoms with Gasteiger partial charge in [-0.2, -0.15) is 10.1 Å². The topological polar surface area (TPSA) is 107 Å². The Bertz CT molecular complexity index is 1280. The number of nitrogens with zero attached hydrogens (tertiary/aromatic N) is 6. The molecule has 5 rings (SSSR count). The number of aryl methyl sites for hydroxylation is 2. The largest absolute Gasteiger partial charge is 0.444 e. The Morgan fingerprint density at radius 2 is 1.86 bits per heavy atom. The van der Waals surface area contributed by atoms with Crippen LogP contribution in [0.4, 0.5) is 4.79 Å². The number of benzene rings is 1. The van der Waals surface area contributed by atoms with E-state index in [1.165, 1.54) is 0 Å². The third kappa shape index (κ3) is 4.94. The van der Waals surface area contributed by atoms with Gasteiger partial charge in [0, 0.05) is 62.4 Å². The zero-order valence-corrected chi connectivity index (χ0v) is 21.7. The van der Waals surface area contributed by atoms with Crippen LogP contribution in [0.5, 0.6) is 0 Å². The molecule has 2 aliphatic rings. The van der Waals surface area contributed by atoms with E-state index in [4.69, 9.17) is 9.26 Å². The van der Waals surface area contributed by atoms with Crippen LogP contribution in [0.1, 0.15) is 57.5 Å². The minimum absolute atomic E-state index is 0.143. The average Bonchev–Trinajstić information content (AvgIpc) is 3.39. The first-order valence-electron chi connectivity index (χ1n) is 12.6. The second-order valence-corrected chi connectivity index (χ2v) is 11.0. The van der Waals surface area contributed by atoms with Crippen molar-refractivity contribution in [3.63, 3.8) is 0 Å². The number of hydrogen-bond acceptors (Lipinski definition) is 7. The van der Waals surface area contributed by atoms with E-state index < -0.39 is 5.60 Å². The monoisotopic (exact) mass is 494 g/mol. The van der Waals surface area contributed by atoms with Gasteiger partial charge in [-0.3, -0.25) is 9.48 Å². The number of amides is 2. The van der Waals surface area contributed by atoms with Gasteiger partial charge < -0.3 is 19.1 Å². The summed E-state index contributed by atoms with van der Waals surface area (Å²) in [6, 6.07) is 6.08. The third-order valence-corrected chi connectivity index (χ3v) is 7.01. The van der Waals surface area contributed by atoms with Crippen LogP contribution in [-0.2, 0) is 16.6 Å². The molecule has 1 aromatic carbocycles. The summed E-state index contributed by atoms with van der Waals surface area (Å²) in [5.41, 5.74) is 2.41. The maximum atomic E-state index is 12.8. The number of carbonyl (C=O) groups is 2. The molecule has 10 nitrogen and oxygen atoms in total. The number of aromatic nitrogens is 4. The molecule has 192 valence electrons. The summed E-state index contributed by atoms with van der Waals surface area (Å²) < 4.78 is 12.9. The van der Waals surface area contributed by atoms with Crippen molar-refractivity contribution in [3.05, 3.63) is 29.8 Å². The van der Waals surface area contributed by atoms with Crippen LogP contribution in [0.2, 0.25) is 0 Å². The molecule has 2 aliphatic heterocycles. The van der Waals surface area contributed by atoms with Crippen molar-refractivity contribution in [1.82, 2.24) is 29.7 Å². The summed E-state index contributed by atoms with van der Waals surface area (Å²) in [5.74, 6) is 1.69. The summed E-state index contributed by atoms with van der Waals surface area (Å²) >= 11 is 0. The zero-order valence-electron chi connectivity index (χ0n) is 21.7. The van der Waals surface area contributed by atoms with E-state index in [0.29, 0.717) is 44.3 Å². The Balaban J connectivity index is 1.12. The first-order chi connectivity index (χ1) is 17.1. The van der Waals surface area contributed by atoms with Crippen molar-refractivity contribution in [1.29, 1.82) is 0 Å². The van der Waals surface area contributed by atoms with Crippen LogP contribution in [0.25, 0.3) is 22.3 Å². The van der Waals surface area contributed by atoms with E-state index in [9.17, 15) is 9.59 Å². The highest BCUT2D eigenvalue weighted by atomic mass is 16.6. The van der Waals surface area contributed by atoms with Crippen LogP contribution in [0.15, 0.2) is 22.7 Å². The number of hydrogen-bond donors (Lipinski definition) is 0.